The summed E-state index contributed by atoms with van der Waals surface area (Å²) in [5.74, 6) is 0. The smallest absolute Gasteiger partial charge is 0.252 e. The van der Waals surface area contributed by atoms with Gasteiger partial charge in [-0.2, -0.15) is 0 Å². The maximum absolute atomic E-state index is 12.0. The first kappa shape index (κ1) is 13.3. The number of likely N-dealkylation sites (tertiary alicyclic amines) is 1. The Balaban J connectivity index is 1.73. The maximum atomic E-state index is 12.0. The number of aromatic amines is 1. The SMILES string of the molecule is Cc1cnc2[nH]c(=O)c(CCCN3CCCC3)cc2c1. The van der Waals surface area contributed by atoms with Crippen molar-refractivity contribution >= 4 is 11.0 Å². The van der Waals surface area contributed by atoms with Crippen LogP contribution in [0.25, 0.3) is 11.0 Å². The third-order valence-electron chi connectivity index (χ3n) is 4.03. The molecule has 4 nitrogen and oxygen atoms in total. The first-order chi connectivity index (χ1) is 9.72. The van der Waals surface area contributed by atoms with Crippen LogP contribution in [0.1, 0.15) is 30.4 Å². The number of nitrogens with zero attached hydrogens (tertiary/aromatic N) is 2. The van der Waals surface area contributed by atoms with Gasteiger partial charge in [-0.3, -0.25) is 4.79 Å². The van der Waals surface area contributed by atoms with E-state index in [2.05, 4.69) is 20.9 Å². The standard InChI is InChI=1S/C16H21N3O/c1-12-9-14-10-13(16(20)18-15(14)17-11-12)5-4-8-19-6-2-3-7-19/h9-11H,2-8H2,1H3,(H,17,18,20). The van der Waals surface area contributed by atoms with Gasteiger partial charge in [0.05, 0.1) is 0 Å². The highest BCUT2D eigenvalue weighted by atomic mass is 16.1. The summed E-state index contributed by atoms with van der Waals surface area (Å²) in [4.78, 5) is 21.7. The first-order valence-electron chi connectivity index (χ1n) is 7.43. The van der Waals surface area contributed by atoms with Crippen molar-refractivity contribution in [3.8, 4) is 0 Å². The molecule has 2 aromatic heterocycles. The van der Waals surface area contributed by atoms with Crippen LogP contribution in [0.3, 0.4) is 0 Å². The largest absolute Gasteiger partial charge is 0.306 e. The van der Waals surface area contributed by atoms with Crippen molar-refractivity contribution in [2.24, 2.45) is 0 Å². The second-order valence-electron chi connectivity index (χ2n) is 5.73. The molecule has 2 aromatic rings. The van der Waals surface area contributed by atoms with Crippen LogP contribution in [0.4, 0.5) is 0 Å². The summed E-state index contributed by atoms with van der Waals surface area (Å²) in [5, 5.41) is 1.03. The quantitative estimate of drug-likeness (QED) is 0.928. The lowest BCUT2D eigenvalue weighted by molar-refractivity contribution is 0.334. The Morgan fingerprint density at radius 3 is 2.90 bits per heavy atom. The van der Waals surface area contributed by atoms with Crippen molar-refractivity contribution < 1.29 is 0 Å². The topological polar surface area (TPSA) is 49.0 Å². The summed E-state index contributed by atoms with van der Waals surface area (Å²) in [6, 6.07) is 4.07. The fourth-order valence-electron chi connectivity index (χ4n) is 2.93. The number of hydrogen-bond donors (Lipinski definition) is 1. The minimum atomic E-state index is 0.00951. The van der Waals surface area contributed by atoms with Crippen molar-refractivity contribution in [3.63, 3.8) is 0 Å². The van der Waals surface area contributed by atoms with Crippen LogP contribution in [-0.2, 0) is 6.42 Å². The Morgan fingerprint density at radius 2 is 2.10 bits per heavy atom. The second kappa shape index (κ2) is 5.75. The highest BCUT2D eigenvalue weighted by molar-refractivity contribution is 5.75. The minimum Gasteiger partial charge on any atom is -0.306 e. The number of rotatable bonds is 4. The molecule has 106 valence electrons. The van der Waals surface area contributed by atoms with Crippen molar-refractivity contribution in [1.29, 1.82) is 0 Å². The molecule has 0 spiro atoms. The monoisotopic (exact) mass is 271 g/mol. The normalized spacial score (nSPS) is 16.1. The molecule has 0 aliphatic carbocycles. The molecule has 0 saturated carbocycles. The van der Waals surface area contributed by atoms with E-state index in [1.54, 1.807) is 6.20 Å². The van der Waals surface area contributed by atoms with Gasteiger partial charge in [-0.1, -0.05) is 0 Å². The van der Waals surface area contributed by atoms with Crippen LogP contribution in [-0.4, -0.2) is 34.5 Å². The number of aryl methyl sites for hydroxylation is 2. The van der Waals surface area contributed by atoms with E-state index in [9.17, 15) is 4.79 Å². The van der Waals surface area contributed by atoms with Gasteiger partial charge in [-0.05, 0) is 69.9 Å². The summed E-state index contributed by atoms with van der Waals surface area (Å²) in [7, 11) is 0. The molecule has 0 unspecified atom stereocenters. The molecule has 0 amide bonds. The van der Waals surface area contributed by atoms with E-state index < -0.39 is 0 Å². The average molecular weight is 271 g/mol. The number of hydrogen-bond acceptors (Lipinski definition) is 3. The Hall–Kier alpha value is -1.68. The Bertz CT molecular complexity index is 656. The Kier molecular flexibility index (Phi) is 3.83. The van der Waals surface area contributed by atoms with Gasteiger partial charge < -0.3 is 9.88 Å². The fourth-order valence-corrected chi connectivity index (χ4v) is 2.93. The predicted octanol–water partition coefficient (Wildman–Crippen LogP) is 2.26. The van der Waals surface area contributed by atoms with E-state index in [-0.39, 0.29) is 5.56 Å². The number of aromatic nitrogens is 2. The van der Waals surface area contributed by atoms with Crippen molar-refractivity contribution in [3.05, 3.63) is 39.8 Å². The second-order valence-corrected chi connectivity index (χ2v) is 5.73. The maximum Gasteiger partial charge on any atom is 0.252 e. The molecule has 1 aliphatic rings. The molecule has 1 saturated heterocycles. The van der Waals surface area contributed by atoms with Crippen LogP contribution < -0.4 is 5.56 Å². The Morgan fingerprint density at radius 1 is 1.30 bits per heavy atom. The zero-order valence-electron chi connectivity index (χ0n) is 12.0. The van der Waals surface area contributed by atoms with Gasteiger partial charge in [0.25, 0.3) is 5.56 Å². The average Bonchev–Trinajstić information content (AvgIpc) is 2.93. The lowest BCUT2D eigenvalue weighted by Gasteiger charge is -2.13. The van der Waals surface area contributed by atoms with Gasteiger partial charge in [-0.15, -0.1) is 0 Å². The number of fused-ring (bicyclic) bond motifs is 1. The summed E-state index contributed by atoms with van der Waals surface area (Å²) in [5.41, 5.74) is 2.69. The summed E-state index contributed by atoms with van der Waals surface area (Å²) in [6.07, 6.45) is 6.32. The molecule has 0 radical (unpaired) electrons. The van der Waals surface area contributed by atoms with E-state index in [0.717, 1.165) is 35.9 Å². The van der Waals surface area contributed by atoms with E-state index >= 15 is 0 Å². The number of pyridine rings is 2. The van der Waals surface area contributed by atoms with E-state index in [4.69, 9.17) is 0 Å². The zero-order chi connectivity index (χ0) is 13.9. The van der Waals surface area contributed by atoms with Crippen LogP contribution >= 0.6 is 0 Å². The molecule has 1 fully saturated rings. The minimum absolute atomic E-state index is 0.00951. The van der Waals surface area contributed by atoms with Crippen LogP contribution in [0, 0.1) is 6.92 Å². The van der Waals surface area contributed by atoms with Gasteiger partial charge in [0.15, 0.2) is 0 Å². The van der Waals surface area contributed by atoms with Crippen molar-refractivity contribution in [2.45, 2.75) is 32.6 Å². The molecule has 1 N–H and O–H groups in total. The van der Waals surface area contributed by atoms with E-state index in [1.165, 1.54) is 25.9 Å². The highest BCUT2D eigenvalue weighted by Gasteiger charge is 2.11. The van der Waals surface area contributed by atoms with Gasteiger partial charge >= 0.3 is 0 Å². The van der Waals surface area contributed by atoms with Crippen molar-refractivity contribution in [2.75, 3.05) is 19.6 Å². The molecular formula is C16H21N3O. The van der Waals surface area contributed by atoms with Crippen molar-refractivity contribution in [1.82, 2.24) is 14.9 Å². The van der Waals surface area contributed by atoms with Gasteiger partial charge in [0.2, 0.25) is 0 Å². The molecule has 3 rings (SSSR count). The fraction of sp³-hybridized carbons (Fsp3) is 0.500. The highest BCUT2D eigenvalue weighted by Crippen LogP contribution is 2.12. The lowest BCUT2D eigenvalue weighted by Crippen LogP contribution is -2.22. The number of H-pyrrole nitrogens is 1. The summed E-state index contributed by atoms with van der Waals surface area (Å²) >= 11 is 0. The number of nitrogens with one attached hydrogen (secondary N) is 1. The van der Waals surface area contributed by atoms with E-state index in [0.29, 0.717) is 5.65 Å². The molecule has 20 heavy (non-hydrogen) atoms. The molecule has 1 aliphatic heterocycles. The Labute approximate surface area is 118 Å². The van der Waals surface area contributed by atoms with Gasteiger partial charge in [0, 0.05) is 17.1 Å². The lowest BCUT2D eigenvalue weighted by atomic mass is 10.1. The third kappa shape index (κ3) is 2.90. The molecule has 0 atom stereocenters. The van der Waals surface area contributed by atoms with Crippen LogP contribution in [0.2, 0.25) is 0 Å². The molecule has 0 aromatic carbocycles. The van der Waals surface area contributed by atoms with Gasteiger partial charge in [-0.25, -0.2) is 4.98 Å². The van der Waals surface area contributed by atoms with E-state index in [1.807, 2.05) is 13.0 Å². The van der Waals surface area contributed by atoms with Gasteiger partial charge in [0.1, 0.15) is 5.65 Å². The summed E-state index contributed by atoms with van der Waals surface area (Å²) in [6.45, 7) is 5.56. The molecular weight excluding hydrogens is 250 g/mol. The molecule has 0 bridgehead atoms. The predicted molar refractivity (Wildman–Crippen MR) is 81.1 cm³/mol. The molecule has 3 heterocycles. The zero-order valence-corrected chi connectivity index (χ0v) is 12.0. The van der Waals surface area contributed by atoms with Crippen LogP contribution in [0.15, 0.2) is 23.1 Å². The first-order valence-corrected chi connectivity index (χ1v) is 7.43. The molecule has 4 heteroatoms. The summed E-state index contributed by atoms with van der Waals surface area (Å²) < 4.78 is 0. The third-order valence-corrected chi connectivity index (χ3v) is 4.03. The van der Waals surface area contributed by atoms with Crippen LogP contribution in [0.5, 0.6) is 0 Å².